The van der Waals surface area contributed by atoms with Gasteiger partial charge in [0.15, 0.2) is 5.69 Å². The third-order valence-corrected chi connectivity index (χ3v) is 4.82. The Hall–Kier alpha value is -4.18. The van der Waals surface area contributed by atoms with E-state index in [1.165, 1.54) is 37.6 Å². The summed E-state index contributed by atoms with van der Waals surface area (Å²) in [6.45, 7) is 0.221. The molecule has 2 N–H and O–H groups in total. The van der Waals surface area contributed by atoms with Crippen LogP contribution in [0.1, 0.15) is 15.9 Å². The Morgan fingerprint density at radius 2 is 1.73 bits per heavy atom. The Kier molecular flexibility index (Phi) is 6.36. The van der Waals surface area contributed by atoms with E-state index in [0.717, 1.165) is 5.56 Å². The number of quaternary nitrogens is 1. The summed E-state index contributed by atoms with van der Waals surface area (Å²) in [5.41, 5.74) is 1.32. The monoisotopic (exact) mass is 449 g/mol. The summed E-state index contributed by atoms with van der Waals surface area (Å²) < 4.78 is 21.6. The predicted molar refractivity (Wildman–Crippen MR) is 117 cm³/mol. The molecule has 0 aliphatic heterocycles. The Morgan fingerprint density at radius 3 is 2.39 bits per heavy atom. The molecule has 0 aliphatic rings. The number of fused-ring (bicyclic) bond motifs is 1. The standard InChI is InChI=1S/C24H19NO8/c1-30-24(27)16-4-8-18(9-5-16)33-22-14-32-21-12-19(10-11-20(21)23(22)26)31-13-15-2-6-17(7-3-15)25(28)29/h2-12,14,25,28H,13H2,1H3. The second kappa shape index (κ2) is 9.53. The summed E-state index contributed by atoms with van der Waals surface area (Å²) in [4.78, 5) is 24.3. The molecule has 4 rings (SSSR count). The van der Waals surface area contributed by atoms with E-state index >= 15 is 0 Å². The van der Waals surface area contributed by atoms with Gasteiger partial charge in [0.2, 0.25) is 11.2 Å². The van der Waals surface area contributed by atoms with E-state index in [0.29, 0.717) is 28.0 Å². The maximum Gasteiger partial charge on any atom is 0.337 e. The predicted octanol–water partition coefficient (Wildman–Crippen LogP) is 3.35. The number of rotatable bonds is 7. The van der Waals surface area contributed by atoms with E-state index in [2.05, 4.69) is 4.74 Å². The average Bonchev–Trinajstić information content (AvgIpc) is 2.84. The maximum atomic E-state index is 12.8. The zero-order valence-corrected chi connectivity index (χ0v) is 17.4. The van der Waals surface area contributed by atoms with Crippen LogP contribution >= 0.6 is 0 Å². The molecule has 0 spiro atoms. The smallest absolute Gasteiger partial charge is 0.337 e. The van der Waals surface area contributed by atoms with E-state index in [-0.39, 0.29) is 23.5 Å². The highest BCUT2D eigenvalue weighted by atomic mass is 16.8. The largest absolute Gasteiger partial charge is 0.595 e. The molecule has 0 aliphatic carbocycles. The molecule has 1 heterocycles. The highest BCUT2D eigenvalue weighted by Crippen LogP contribution is 2.25. The van der Waals surface area contributed by atoms with Gasteiger partial charge in [-0.1, -0.05) is 0 Å². The molecular weight excluding hydrogens is 430 g/mol. The van der Waals surface area contributed by atoms with Crippen LogP contribution in [0.3, 0.4) is 0 Å². The summed E-state index contributed by atoms with van der Waals surface area (Å²) in [6, 6.07) is 17.3. The highest BCUT2D eigenvalue weighted by molar-refractivity contribution is 5.89. The number of carbonyl (C=O) groups excluding carboxylic acids is 1. The zero-order chi connectivity index (χ0) is 23.4. The number of ether oxygens (including phenoxy) is 3. The molecule has 9 heteroatoms. The first-order chi connectivity index (χ1) is 15.9. The molecular formula is C24H19NO8. The van der Waals surface area contributed by atoms with Crippen LogP contribution in [0.25, 0.3) is 11.0 Å². The first-order valence-electron chi connectivity index (χ1n) is 9.81. The van der Waals surface area contributed by atoms with Gasteiger partial charge < -0.3 is 23.8 Å². The molecule has 33 heavy (non-hydrogen) atoms. The van der Waals surface area contributed by atoms with Crippen LogP contribution < -0.4 is 20.1 Å². The van der Waals surface area contributed by atoms with Crippen molar-refractivity contribution in [2.45, 2.75) is 6.61 Å². The molecule has 9 nitrogen and oxygen atoms in total. The minimum absolute atomic E-state index is 0.000469. The molecule has 0 saturated carbocycles. The van der Waals surface area contributed by atoms with Crippen LogP contribution in [0, 0.1) is 5.21 Å². The fourth-order valence-electron chi connectivity index (χ4n) is 3.07. The molecule has 0 fully saturated rings. The van der Waals surface area contributed by atoms with Gasteiger partial charge in [-0.2, -0.15) is 5.23 Å². The molecule has 0 bridgehead atoms. The van der Waals surface area contributed by atoms with Crippen molar-refractivity contribution in [1.82, 2.24) is 0 Å². The topological polar surface area (TPSA) is 123 Å². The van der Waals surface area contributed by atoms with E-state index in [9.17, 15) is 14.8 Å². The maximum absolute atomic E-state index is 12.8. The van der Waals surface area contributed by atoms with Crippen LogP contribution in [0.15, 0.2) is 82.2 Å². The van der Waals surface area contributed by atoms with Crippen LogP contribution in [-0.2, 0) is 11.3 Å². The molecule has 4 aromatic rings. The Morgan fingerprint density at radius 1 is 1.03 bits per heavy atom. The second-order valence-electron chi connectivity index (χ2n) is 7.00. The fraction of sp³-hybridized carbons (Fsp3) is 0.0833. The van der Waals surface area contributed by atoms with E-state index in [1.54, 1.807) is 42.5 Å². The molecule has 3 aromatic carbocycles. The second-order valence-corrected chi connectivity index (χ2v) is 7.00. The van der Waals surface area contributed by atoms with Gasteiger partial charge >= 0.3 is 5.97 Å². The molecule has 1 unspecified atom stereocenters. The molecule has 0 saturated heterocycles. The van der Waals surface area contributed by atoms with Crippen molar-refractivity contribution in [1.29, 1.82) is 0 Å². The van der Waals surface area contributed by atoms with Crippen molar-refractivity contribution in [2.24, 2.45) is 0 Å². The van der Waals surface area contributed by atoms with Crippen LogP contribution in [0.5, 0.6) is 17.2 Å². The Balaban J connectivity index is 1.48. The normalized spacial score (nSPS) is 11.7. The number of methoxy groups -OCH3 is 1. The summed E-state index contributed by atoms with van der Waals surface area (Å²) in [5, 5.41) is 19.2. The van der Waals surface area contributed by atoms with Gasteiger partial charge in [-0.3, -0.25) is 4.79 Å². The minimum atomic E-state index is -0.992. The zero-order valence-electron chi connectivity index (χ0n) is 17.4. The third kappa shape index (κ3) is 5.01. The number of hydrogen-bond donors (Lipinski definition) is 2. The van der Waals surface area contributed by atoms with E-state index in [1.807, 2.05) is 0 Å². The lowest BCUT2D eigenvalue weighted by molar-refractivity contribution is -0.991. The number of benzene rings is 3. The molecule has 168 valence electrons. The SMILES string of the molecule is COC(=O)c1ccc(Oc2coc3cc(OCc4ccc([NH+]([O-])O)cc4)ccc3c2=O)cc1. The Bertz CT molecular complexity index is 1330. The highest BCUT2D eigenvalue weighted by Gasteiger charge is 2.12. The molecule has 1 atom stereocenters. The lowest BCUT2D eigenvalue weighted by Gasteiger charge is -2.12. The summed E-state index contributed by atoms with van der Waals surface area (Å²) in [5.74, 6) is 0.380. The number of esters is 1. The van der Waals surface area contributed by atoms with Crippen molar-refractivity contribution < 1.29 is 33.9 Å². The minimum Gasteiger partial charge on any atom is -0.595 e. The number of nitrogens with one attached hydrogen (secondary N) is 1. The van der Waals surface area contributed by atoms with Crippen molar-refractivity contribution in [2.75, 3.05) is 7.11 Å². The van der Waals surface area contributed by atoms with Gasteiger partial charge in [0.05, 0.1) is 18.1 Å². The first kappa shape index (κ1) is 22.0. The lowest BCUT2D eigenvalue weighted by Crippen LogP contribution is -2.99. The molecule has 1 aromatic heterocycles. The van der Waals surface area contributed by atoms with E-state index < -0.39 is 11.2 Å². The summed E-state index contributed by atoms with van der Waals surface area (Å²) in [6.07, 6.45) is 1.22. The quantitative estimate of drug-likeness (QED) is 0.325. The number of hydrogen-bond acceptors (Lipinski definition) is 8. The van der Waals surface area contributed by atoms with Crippen molar-refractivity contribution in [3.05, 3.63) is 99.6 Å². The Labute approximate surface area is 187 Å². The van der Waals surface area contributed by atoms with Crippen LogP contribution in [0.2, 0.25) is 0 Å². The molecule has 0 radical (unpaired) electrons. The van der Waals surface area contributed by atoms with Crippen molar-refractivity contribution in [3.8, 4) is 17.2 Å². The van der Waals surface area contributed by atoms with Gasteiger partial charge in [0, 0.05) is 18.2 Å². The van der Waals surface area contributed by atoms with E-state index in [4.69, 9.17) is 19.1 Å². The van der Waals surface area contributed by atoms with Gasteiger partial charge in [-0.05, 0) is 54.1 Å². The van der Waals surface area contributed by atoms with Crippen LogP contribution in [0.4, 0.5) is 5.69 Å². The average molecular weight is 449 g/mol. The van der Waals surface area contributed by atoms with Gasteiger partial charge in [-0.15, -0.1) is 0 Å². The lowest BCUT2D eigenvalue weighted by atomic mass is 10.2. The van der Waals surface area contributed by atoms with Crippen molar-refractivity contribution >= 4 is 22.6 Å². The summed E-state index contributed by atoms with van der Waals surface area (Å²) >= 11 is 0. The van der Waals surface area contributed by atoms with Gasteiger partial charge in [-0.25, -0.2) is 10.0 Å². The van der Waals surface area contributed by atoms with Gasteiger partial charge in [0.25, 0.3) is 0 Å². The number of carbonyl (C=O) groups is 1. The third-order valence-electron chi connectivity index (χ3n) is 4.82. The van der Waals surface area contributed by atoms with Gasteiger partial charge in [0.1, 0.15) is 30.0 Å². The summed E-state index contributed by atoms with van der Waals surface area (Å²) in [7, 11) is 1.29. The molecule has 0 amide bonds. The fourth-order valence-corrected chi connectivity index (χ4v) is 3.07. The van der Waals surface area contributed by atoms with Crippen LogP contribution in [-0.4, -0.2) is 18.3 Å². The van der Waals surface area contributed by atoms with Crippen molar-refractivity contribution in [3.63, 3.8) is 0 Å². The first-order valence-corrected chi connectivity index (χ1v) is 9.81.